The molecular weight excluding hydrogens is 267 g/mol. The summed E-state index contributed by atoms with van der Waals surface area (Å²) in [5.74, 6) is -0.372. The molecule has 0 aliphatic rings. The summed E-state index contributed by atoms with van der Waals surface area (Å²) >= 11 is 1.56. The van der Waals surface area contributed by atoms with Gasteiger partial charge in [0.1, 0.15) is 0 Å². The fourth-order valence-electron chi connectivity index (χ4n) is 1.50. The van der Waals surface area contributed by atoms with Crippen LogP contribution in [0.4, 0.5) is 14.9 Å². The number of nitrogens with one attached hydrogen (secondary N) is 2. The summed E-state index contributed by atoms with van der Waals surface area (Å²) in [6.45, 7) is 0.447. The first kappa shape index (κ1) is 13.4. The minimum Gasteiger partial charge on any atom is -0.494 e. The van der Waals surface area contributed by atoms with Gasteiger partial charge in [0.25, 0.3) is 0 Å². The zero-order valence-electron chi connectivity index (χ0n) is 10.3. The number of urea groups is 1. The Kier molecular flexibility index (Phi) is 4.35. The topological polar surface area (TPSA) is 50.4 Å². The molecule has 2 amide bonds. The van der Waals surface area contributed by atoms with Crippen molar-refractivity contribution in [2.24, 2.45) is 0 Å². The van der Waals surface area contributed by atoms with Crippen LogP contribution in [-0.4, -0.2) is 13.1 Å². The van der Waals surface area contributed by atoms with Gasteiger partial charge in [0.05, 0.1) is 13.7 Å². The molecule has 2 N–H and O–H groups in total. The first-order valence-electron chi connectivity index (χ1n) is 5.60. The average molecular weight is 280 g/mol. The monoisotopic (exact) mass is 280 g/mol. The number of hydrogen-bond donors (Lipinski definition) is 2. The van der Waals surface area contributed by atoms with E-state index >= 15 is 0 Å². The third kappa shape index (κ3) is 3.69. The lowest BCUT2D eigenvalue weighted by Gasteiger charge is -2.08. The van der Waals surface area contributed by atoms with Crippen molar-refractivity contribution in [2.75, 3.05) is 12.4 Å². The first-order valence-corrected chi connectivity index (χ1v) is 6.48. The zero-order valence-corrected chi connectivity index (χ0v) is 11.1. The van der Waals surface area contributed by atoms with Crippen molar-refractivity contribution in [3.8, 4) is 5.75 Å². The molecule has 0 saturated carbocycles. The van der Waals surface area contributed by atoms with Crippen molar-refractivity contribution in [2.45, 2.75) is 6.54 Å². The Bertz CT molecular complexity index is 558. The highest BCUT2D eigenvalue weighted by molar-refractivity contribution is 7.09. The van der Waals surface area contributed by atoms with Crippen LogP contribution in [0.5, 0.6) is 5.75 Å². The van der Waals surface area contributed by atoms with E-state index < -0.39 is 5.82 Å². The number of amides is 2. The summed E-state index contributed by atoms with van der Waals surface area (Å²) in [6, 6.07) is 7.72. The SMILES string of the molecule is COc1ccc(NC(=O)NCc2cccs2)cc1F. The van der Waals surface area contributed by atoms with E-state index in [0.717, 1.165) is 4.88 Å². The van der Waals surface area contributed by atoms with E-state index in [1.165, 1.54) is 19.2 Å². The quantitative estimate of drug-likeness (QED) is 0.903. The van der Waals surface area contributed by atoms with Gasteiger partial charge >= 0.3 is 6.03 Å². The maximum absolute atomic E-state index is 13.4. The van der Waals surface area contributed by atoms with Crippen molar-refractivity contribution in [3.05, 3.63) is 46.4 Å². The summed E-state index contributed by atoms with van der Waals surface area (Å²) in [5.41, 5.74) is 0.377. The summed E-state index contributed by atoms with van der Waals surface area (Å²) in [6.07, 6.45) is 0. The molecule has 0 fully saturated rings. The highest BCUT2D eigenvalue weighted by atomic mass is 32.1. The molecule has 0 aliphatic carbocycles. The molecule has 1 aromatic carbocycles. The van der Waals surface area contributed by atoms with E-state index in [1.54, 1.807) is 17.4 Å². The lowest BCUT2D eigenvalue weighted by molar-refractivity contribution is 0.252. The Labute approximate surface area is 114 Å². The largest absolute Gasteiger partial charge is 0.494 e. The van der Waals surface area contributed by atoms with Crippen molar-refractivity contribution in [3.63, 3.8) is 0 Å². The van der Waals surface area contributed by atoms with Crippen LogP contribution in [0.15, 0.2) is 35.7 Å². The number of hydrogen-bond acceptors (Lipinski definition) is 3. The second-order valence-electron chi connectivity index (χ2n) is 3.74. The molecule has 1 heterocycles. The fraction of sp³-hybridized carbons (Fsp3) is 0.154. The first-order chi connectivity index (χ1) is 9.19. The Balaban J connectivity index is 1.90. The molecule has 0 unspecified atom stereocenters. The second kappa shape index (κ2) is 6.19. The Hall–Kier alpha value is -2.08. The summed E-state index contributed by atoms with van der Waals surface area (Å²) in [4.78, 5) is 12.7. The minimum atomic E-state index is -0.515. The van der Waals surface area contributed by atoms with Gasteiger partial charge in [-0.15, -0.1) is 11.3 Å². The van der Waals surface area contributed by atoms with Crippen LogP contribution < -0.4 is 15.4 Å². The predicted molar refractivity (Wildman–Crippen MR) is 73.1 cm³/mol. The van der Waals surface area contributed by atoms with E-state index in [1.807, 2.05) is 17.5 Å². The number of benzene rings is 1. The van der Waals surface area contributed by atoms with Gasteiger partial charge in [-0.3, -0.25) is 0 Å². The third-order valence-corrected chi connectivity index (χ3v) is 3.29. The Morgan fingerprint density at radius 3 is 2.89 bits per heavy atom. The highest BCUT2D eigenvalue weighted by Gasteiger charge is 2.06. The van der Waals surface area contributed by atoms with Crippen LogP contribution in [0, 0.1) is 5.82 Å². The van der Waals surface area contributed by atoms with Crippen LogP contribution in [0.25, 0.3) is 0 Å². The molecule has 19 heavy (non-hydrogen) atoms. The lowest BCUT2D eigenvalue weighted by atomic mass is 10.3. The van der Waals surface area contributed by atoms with Crippen LogP contribution in [0.1, 0.15) is 4.88 Å². The van der Waals surface area contributed by atoms with Gasteiger partial charge in [0.15, 0.2) is 11.6 Å². The second-order valence-corrected chi connectivity index (χ2v) is 4.77. The predicted octanol–water partition coefficient (Wildman–Crippen LogP) is 3.22. The van der Waals surface area contributed by atoms with Gasteiger partial charge in [-0.2, -0.15) is 0 Å². The van der Waals surface area contributed by atoms with Crippen LogP contribution >= 0.6 is 11.3 Å². The fourth-order valence-corrected chi connectivity index (χ4v) is 2.14. The van der Waals surface area contributed by atoms with Gasteiger partial charge < -0.3 is 15.4 Å². The van der Waals surface area contributed by atoms with Gasteiger partial charge in [-0.05, 0) is 23.6 Å². The average Bonchev–Trinajstić information content (AvgIpc) is 2.90. The van der Waals surface area contributed by atoms with E-state index in [-0.39, 0.29) is 11.8 Å². The van der Waals surface area contributed by atoms with Gasteiger partial charge in [0.2, 0.25) is 0 Å². The van der Waals surface area contributed by atoms with E-state index in [4.69, 9.17) is 4.74 Å². The van der Waals surface area contributed by atoms with Crippen molar-refractivity contribution in [1.82, 2.24) is 5.32 Å². The van der Waals surface area contributed by atoms with Crippen LogP contribution in [0.2, 0.25) is 0 Å². The maximum Gasteiger partial charge on any atom is 0.319 e. The van der Waals surface area contributed by atoms with Crippen molar-refractivity contribution < 1.29 is 13.9 Å². The molecule has 0 spiro atoms. The third-order valence-electron chi connectivity index (χ3n) is 2.41. The molecule has 1 aromatic heterocycles. The Morgan fingerprint density at radius 2 is 2.26 bits per heavy atom. The lowest BCUT2D eigenvalue weighted by Crippen LogP contribution is -2.27. The zero-order chi connectivity index (χ0) is 13.7. The minimum absolute atomic E-state index is 0.143. The van der Waals surface area contributed by atoms with Gasteiger partial charge in [0, 0.05) is 16.6 Å². The molecule has 100 valence electrons. The summed E-state index contributed by atoms with van der Waals surface area (Å²) in [5, 5.41) is 7.18. The highest BCUT2D eigenvalue weighted by Crippen LogP contribution is 2.20. The van der Waals surface area contributed by atoms with Crippen molar-refractivity contribution >= 4 is 23.1 Å². The normalized spacial score (nSPS) is 10.0. The van der Waals surface area contributed by atoms with Crippen LogP contribution in [-0.2, 0) is 6.54 Å². The van der Waals surface area contributed by atoms with Gasteiger partial charge in [-0.25, -0.2) is 9.18 Å². The number of carbonyl (C=O) groups is 1. The molecule has 6 heteroatoms. The molecular formula is C13H13FN2O2S. The summed E-state index contributed by atoms with van der Waals surface area (Å²) in [7, 11) is 1.39. The number of ether oxygens (including phenoxy) is 1. The maximum atomic E-state index is 13.4. The van der Waals surface area contributed by atoms with E-state index in [9.17, 15) is 9.18 Å². The van der Waals surface area contributed by atoms with Gasteiger partial charge in [-0.1, -0.05) is 6.07 Å². The molecule has 2 aromatic rings. The van der Waals surface area contributed by atoms with Crippen molar-refractivity contribution in [1.29, 1.82) is 0 Å². The molecule has 0 atom stereocenters. The number of thiophene rings is 1. The number of rotatable bonds is 4. The molecule has 0 radical (unpaired) electrons. The van der Waals surface area contributed by atoms with E-state index in [0.29, 0.717) is 12.2 Å². The summed E-state index contributed by atoms with van der Waals surface area (Å²) < 4.78 is 18.2. The molecule has 4 nitrogen and oxygen atoms in total. The smallest absolute Gasteiger partial charge is 0.319 e. The molecule has 0 aliphatic heterocycles. The number of methoxy groups -OCH3 is 1. The van der Waals surface area contributed by atoms with E-state index in [2.05, 4.69) is 10.6 Å². The molecule has 0 saturated heterocycles. The van der Waals surface area contributed by atoms with Crippen LogP contribution in [0.3, 0.4) is 0 Å². The standard InChI is InChI=1S/C13H13FN2O2S/c1-18-12-5-4-9(7-11(12)14)16-13(17)15-8-10-3-2-6-19-10/h2-7H,8H2,1H3,(H2,15,16,17). The molecule has 0 bridgehead atoms. The number of halogens is 1. The Morgan fingerprint density at radius 1 is 1.42 bits per heavy atom. The number of carbonyl (C=O) groups excluding carboxylic acids is 1. The molecule has 2 rings (SSSR count). The number of anilines is 1.